The summed E-state index contributed by atoms with van der Waals surface area (Å²) in [6.07, 6.45) is -4.20. The Labute approximate surface area is 155 Å². The first kappa shape index (κ1) is 19.0. The topological polar surface area (TPSA) is 50.2 Å². The molecule has 0 fully saturated rings. The lowest BCUT2D eigenvalue weighted by Crippen LogP contribution is -2.05. The lowest BCUT2D eigenvalue weighted by molar-refractivity contribution is -0.137. The number of nitrogens with zero attached hydrogens (tertiary/aromatic N) is 1. The Kier molecular flexibility index (Phi) is 5.01. The second-order valence-electron chi connectivity index (χ2n) is 5.95. The maximum absolute atomic E-state index is 14.0. The highest BCUT2D eigenvalue weighted by atomic mass is 32.1. The molecule has 0 aliphatic rings. The molecule has 27 heavy (non-hydrogen) atoms. The summed E-state index contributed by atoms with van der Waals surface area (Å²) in [5.74, 6) is -1.79. The molecule has 0 aliphatic heterocycles. The van der Waals surface area contributed by atoms with Crippen molar-refractivity contribution in [1.82, 2.24) is 4.98 Å². The molecular weight excluding hydrogens is 382 g/mol. The van der Waals surface area contributed by atoms with Gasteiger partial charge in [0.15, 0.2) is 0 Å². The number of aromatic carboxylic acids is 1. The monoisotopic (exact) mass is 395 g/mol. The number of thiazole rings is 1. The quantitative estimate of drug-likeness (QED) is 0.588. The summed E-state index contributed by atoms with van der Waals surface area (Å²) in [6, 6.07) is 7.09. The molecule has 1 aromatic heterocycles. The minimum absolute atomic E-state index is 0.137. The largest absolute Gasteiger partial charge is 0.478 e. The Bertz CT molecular complexity index is 1010. The van der Waals surface area contributed by atoms with Crippen LogP contribution in [0.15, 0.2) is 41.8 Å². The summed E-state index contributed by atoms with van der Waals surface area (Å²) in [7, 11) is 0. The van der Waals surface area contributed by atoms with E-state index in [1.807, 2.05) is 0 Å². The molecule has 2 aromatic carbocycles. The van der Waals surface area contributed by atoms with Crippen molar-refractivity contribution in [2.24, 2.45) is 0 Å². The fourth-order valence-corrected chi connectivity index (χ4v) is 3.49. The van der Waals surface area contributed by atoms with E-state index < -0.39 is 23.5 Å². The van der Waals surface area contributed by atoms with Gasteiger partial charge in [0, 0.05) is 17.4 Å². The molecule has 3 nitrogen and oxygen atoms in total. The summed E-state index contributed by atoms with van der Waals surface area (Å²) in [5.41, 5.74) is 0.601. The number of aryl methyl sites for hydroxylation is 1. The Balaban J connectivity index is 1.88. The van der Waals surface area contributed by atoms with Gasteiger partial charge in [0.1, 0.15) is 5.82 Å². The van der Waals surface area contributed by atoms with Gasteiger partial charge in [-0.15, -0.1) is 11.3 Å². The molecule has 0 atom stereocenters. The summed E-state index contributed by atoms with van der Waals surface area (Å²) in [6.45, 7) is 1.68. The van der Waals surface area contributed by atoms with E-state index in [1.54, 1.807) is 19.1 Å². The molecule has 1 heterocycles. The van der Waals surface area contributed by atoms with E-state index in [-0.39, 0.29) is 16.8 Å². The van der Waals surface area contributed by atoms with Gasteiger partial charge in [-0.3, -0.25) is 0 Å². The second-order valence-corrected chi connectivity index (χ2v) is 6.89. The number of hydrogen-bond donors (Lipinski definition) is 1. The molecule has 8 heteroatoms. The van der Waals surface area contributed by atoms with Crippen LogP contribution in [0.2, 0.25) is 0 Å². The molecule has 0 saturated heterocycles. The third-order valence-corrected chi connectivity index (χ3v) is 4.85. The molecule has 1 N–H and O–H groups in total. The fraction of sp³-hybridized carbons (Fsp3) is 0.158. The van der Waals surface area contributed by atoms with Gasteiger partial charge in [-0.05, 0) is 42.3 Å². The zero-order valence-corrected chi connectivity index (χ0v) is 14.8. The van der Waals surface area contributed by atoms with Crippen LogP contribution in [0.4, 0.5) is 17.6 Å². The molecule has 3 aromatic rings. The van der Waals surface area contributed by atoms with Gasteiger partial charge in [-0.25, -0.2) is 14.2 Å². The molecule has 0 radical (unpaired) electrons. The van der Waals surface area contributed by atoms with Gasteiger partial charge in [0.05, 0.1) is 21.8 Å². The van der Waals surface area contributed by atoms with Crippen LogP contribution in [-0.4, -0.2) is 16.1 Å². The first-order valence-electron chi connectivity index (χ1n) is 7.79. The van der Waals surface area contributed by atoms with Crippen molar-refractivity contribution in [3.8, 4) is 11.3 Å². The third-order valence-electron chi connectivity index (χ3n) is 4.00. The number of carbonyl (C=O) groups is 1. The predicted octanol–water partition coefficient (Wildman–Crippen LogP) is 5.57. The summed E-state index contributed by atoms with van der Waals surface area (Å²) in [5, 5.41) is 11.1. The Morgan fingerprint density at radius 2 is 1.93 bits per heavy atom. The normalized spacial score (nSPS) is 11.6. The van der Waals surface area contributed by atoms with Crippen LogP contribution in [0, 0.1) is 12.7 Å². The van der Waals surface area contributed by atoms with Crippen LogP contribution in [0.5, 0.6) is 0 Å². The maximum Gasteiger partial charge on any atom is 0.416 e. The number of carboxylic acid groups (broad SMARTS) is 1. The lowest BCUT2D eigenvalue weighted by atomic mass is 10.0. The molecular formula is C19H13F4NO2S. The summed E-state index contributed by atoms with van der Waals surface area (Å²) < 4.78 is 52.6. The van der Waals surface area contributed by atoms with Gasteiger partial charge < -0.3 is 5.11 Å². The van der Waals surface area contributed by atoms with Gasteiger partial charge in [-0.2, -0.15) is 13.2 Å². The van der Waals surface area contributed by atoms with E-state index in [9.17, 15) is 22.4 Å². The van der Waals surface area contributed by atoms with Gasteiger partial charge in [0.25, 0.3) is 0 Å². The number of hydrogen-bond acceptors (Lipinski definition) is 3. The SMILES string of the molecule is Cc1cc(Cc2nc(-c3cc(C(F)(F)F)ccc3F)cs2)ccc1C(=O)O. The Hall–Kier alpha value is -2.74. The number of rotatable bonds is 4. The van der Waals surface area contributed by atoms with Crippen LogP contribution in [0.25, 0.3) is 11.3 Å². The lowest BCUT2D eigenvalue weighted by Gasteiger charge is -2.08. The van der Waals surface area contributed by atoms with Crippen molar-refractivity contribution < 1.29 is 27.5 Å². The molecule has 140 valence electrons. The van der Waals surface area contributed by atoms with Crippen molar-refractivity contribution in [1.29, 1.82) is 0 Å². The fourth-order valence-electron chi connectivity index (χ4n) is 2.66. The van der Waals surface area contributed by atoms with Crippen molar-refractivity contribution >= 4 is 17.3 Å². The van der Waals surface area contributed by atoms with Crippen LogP contribution in [-0.2, 0) is 12.6 Å². The molecule has 0 aliphatic carbocycles. The highest BCUT2D eigenvalue weighted by Gasteiger charge is 2.31. The van der Waals surface area contributed by atoms with Crippen molar-refractivity contribution in [2.45, 2.75) is 19.5 Å². The van der Waals surface area contributed by atoms with Crippen LogP contribution in [0.1, 0.15) is 32.1 Å². The Morgan fingerprint density at radius 1 is 1.19 bits per heavy atom. The maximum atomic E-state index is 14.0. The standard InChI is InChI=1S/C19H13F4NO2S/c1-10-6-11(2-4-13(10)18(25)26)7-17-24-16(9-27-17)14-8-12(19(21,22)23)3-5-15(14)20/h2-6,8-9H,7H2,1H3,(H,25,26). The van der Waals surface area contributed by atoms with Crippen LogP contribution in [0.3, 0.4) is 0 Å². The van der Waals surface area contributed by atoms with Gasteiger partial charge in [0.2, 0.25) is 0 Å². The van der Waals surface area contributed by atoms with Crippen molar-refractivity contribution in [2.75, 3.05) is 0 Å². The molecule has 0 unspecified atom stereocenters. The number of aromatic nitrogens is 1. The van der Waals surface area contributed by atoms with Crippen LogP contribution >= 0.6 is 11.3 Å². The summed E-state index contributed by atoms with van der Waals surface area (Å²) >= 11 is 1.20. The first-order valence-corrected chi connectivity index (χ1v) is 8.67. The van der Waals surface area contributed by atoms with E-state index in [0.29, 0.717) is 23.1 Å². The minimum Gasteiger partial charge on any atom is -0.478 e. The Morgan fingerprint density at radius 3 is 2.56 bits per heavy atom. The van der Waals surface area contributed by atoms with E-state index in [1.165, 1.54) is 22.8 Å². The van der Waals surface area contributed by atoms with E-state index in [4.69, 9.17) is 5.11 Å². The van der Waals surface area contributed by atoms with E-state index >= 15 is 0 Å². The summed E-state index contributed by atoms with van der Waals surface area (Å²) in [4.78, 5) is 15.3. The van der Waals surface area contributed by atoms with E-state index in [0.717, 1.165) is 17.7 Å². The number of benzene rings is 2. The first-order chi connectivity index (χ1) is 12.6. The highest BCUT2D eigenvalue weighted by molar-refractivity contribution is 7.10. The smallest absolute Gasteiger partial charge is 0.416 e. The van der Waals surface area contributed by atoms with E-state index in [2.05, 4.69) is 4.98 Å². The number of halogens is 4. The van der Waals surface area contributed by atoms with Crippen molar-refractivity contribution in [3.63, 3.8) is 0 Å². The second kappa shape index (κ2) is 7.11. The average molecular weight is 395 g/mol. The highest BCUT2D eigenvalue weighted by Crippen LogP contribution is 2.34. The number of carboxylic acids is 1. The van der Waals surface area contributed by atoms with Gasteiger partial charge in [-0.1, -0.05) is 12.1 Å². The molecule has 0 amide bonds. The molecule has 0 bridgehead atoms. The molecule has 3 rings (SSSR count). The molecule has 0 saturated carbocycles. The molecule has 0 spiro atoms. The predicted molar refractivity (Wildman–Crippen MR) is 93.5 cm³/mol. The average Bonchev–Trinajstić information content (AvgIpc) is 3.02. The third kappa shape index (κ3) is 4.16. The number of alkyl halides is 3. The van der Waals surface area contributed by atoms with Crippen molar-refractivity contribution in [3.05, 3.63) is 74.9 Å². The van der Waals surface area contributed by atoms with Crippen LogP contribution < -0.4 is 0 Å². The zero-order chi connectivity index (χ0) is 19.8. The van der Waals surface area contributed by atoms with Gasteiger partial charge >= 0.3 is 12.1 Å². The minimum atomic E-state index is -4.56. The zero-order valence-electron chi connectivity index (χ0n) is 14.0.